The lowest BCUT2D eigenvalue weighted by molar-refractivity contribution is -0.384. The van der Waals surface area contributed by atoms with Gasteiger partial charge in [-0.2, -0.15) is 5.10 Å². The first-order valence-electron chi connectivity index (χ1n) is 10.3. The third kappa shape index (κ3) is 6.25. The molecule has 0 saturated heterocycles. The summed E-state index contributed by atoms with van der Waals surface area (Å²) in [6.45, 7) is 1.78. The van der Waals surface area contributed by atoms with E-state index in [2.05, 4.69) is 10.4 Å². The third-order valence-electron chi connectivity index (χ3n) is 4.84. The summed E-state index contributed by atoms with van der Waals surface area (Å²) in [5, 5.41) is 19.6. The average molecular weight is 548 g/mol. The van der Waals surface area contributed by atoms with E-state index >= 15 is 0 Å². The van der Waals surface area contributed by atoms with Crippen molar-refractivity contribution in [2.24, 2.45) is 0 Å². The zero-order chi connectivity index (χ0) is 25.8. The van der Waals surface area contributed by atoms with Crippen molar-refractivity contribution in [3.8, 4) is 17.2 Å². The molecule has 9 nitrogen and oxygen atoms in total. The summed E-state index contributed by atoms with van der Waals surface area (Å²) in [4.78, 5) is 23.6. The molecule has 3 aromatic carbocycles. The number of amides is 1. The maximum Gasteiger partial charge on any atom is 0.276 e. The molecular formula is C24H17Cl3N4O5. The minimum Gasteiger partial charge on any atom is -0.470 e. The maximum atomic E-state index is 12.7. The number of hydrogen-bond donors (Lipinski definition) is 1. The Bertz CT molecular complexity index is 1460. The van der Waals surface area contributed by atoms with Gasteiger partial charge < -0.3 is 14.8 Å². The van der Waals surface area contributed by atoms with Crippen LogP contribution in [0, 0.1) is 17.0 Å². The van der Waals surface area contributed by atoms with Gasteiger partial charge in [0, 0.05) is 28.4 Å². The van der Waals surface area contributed by atoms with E-state index in [1.807, 2.05) is 0 Å². The van der Waals surface area contributed by atoms with Crippen molar-refractivity contribution in [3.63, 3.8) is 0 Å². The van der Waals surface area contributed by atoms with Crippen LogP contribution >= 0.6 is 34.8 Å². The first-order valence-corrected chi connectivity index (χ1v) is 11.5. The molecular weight excluding hydrogens is 531 g/mol. The summed E-state index contributed by atoms with van der Waals surface area (Å²) in [7, 11) is 0. The highest BCUT2D eigenvalue weighted by Crippen LogP contribution is 2.32. The molecule has 1 N–H and O–H groups in total. The van der Waals surface area contributed by atoms with Crippen LogP contribution in [0.25, 0.3) is 0 Å². The molecule has 0 atom stereocenters. The molecule has 1 heterocycles. The monoisotopic (exact) mass is 546 g/mol. The Morgan fingerprint density at radius 2 is 1.75 bits per heavy atom. The average Bonchev–Trinajstić information content (AvgIpc) is 3.29. The van der Waals surface area contributed by atoms with Crippen molar-refractivity contribution in [2.75, 3.05) is 5.32 Å². The molecule has 0 radical (unpaired) electrons. The normalized spacial score (nSPS) is 10.7. The molecule has 0 fully saturated rings. The van der Waals surface area contributed by atoms with Crippen LogP contribution < -0.4 is 14.8 Å². The largest absolute Gasteiger partial charge is 0.470 e. The van der Waals surface area contributed by atoms with Crippen molar-refractivity contribution in [2.45, 2.75) is 13.7 Å². The number of anilines is 1. The van der Waals surface area contributed by atoms with Crippen LogP contribution in [0.4, 0.5) is 11.4 Å². The molecule has 0 aliphatic rings. The minimum absolute atomic E-state index is 0.0100. The van der Waals surface area contributed by atoms with E-state index in [9.17, 15) is 14.9 Å². The Kier molecular flexibility index (Phi) is 7.64. The number of rotatable bonds is 8. The number of carbonyl (C=O) groups is 1. The van der Waals surface area contributed by atoms with Gasteiger partial charge in [0.1, 0.15) is 17.2 Å². The number of non-ortho nitro benzene ring substituents is 1. The summed E-state index contributed by atoms with van der Waals surface area (Å²) in [6, 6.07) is 15.2. The van der Waals surface area contributed by atoms with Gasteiger partial charge in [-0.3, -0.25) is 14.9 Å². The molecule has 1 aromatic heterocycles. The highest BCUT2D eigenvalue weighted by atomic mass is 35.5. The fraction of sp³-hybridized carbons (Fsp3) is 0.0833. The number of aromatic nitrogens is 2. The molecule has 4 rings (SSSR count). The third-order valence-corrected chi connectivity index (χ3v) is 5.61. The van der Waals surface area contributed by atoms with Crippen molar-refractivity contribution >= 4 is 52.1 Å². The van der Waals surface area contributed by atoms with Crippen molar-refractivity contribution in [1.29, 1.82) is 0 Å². The predicted molar refractivity (Wildman–Crippen MR) is 137 cm³/mol. The van der Waals surface area contributed by atoms with Gasteiger partial charge in [0.2, 0.25) is 0 Å². The number of carbonyl (C=O) groups excluding carboxylic acids is 1. The van der Waals surface area contributed by atoms with E-state index in [1.54, 1.807) is 49.5 Å². The molecule has 12 heteroatoms. The van der Waals surface area contributed by atoms with E-state index in [0.717, 1.165) is 5.56 Å². The molecule has 184 valence electrons. The van der Waals surface area contributed by atoms with E-state index in [0.29, 0.717) is 26.6 Å². The van der Waals surface area contributed by atoms with Crippen LogP contribution in [-0.2, 0) is 6.73 Å². The summed E-state index contributed by atoms with van der Waals surface area (Å²) >= 11 is 17.9. The minimum atomic E-state index is -0.578. The van der Waals surface area contributed by atoms with Crippen LogP contribution in [0.5, 0.6) is 17.2 Å². The van der Waals surface area contributed by atoms with Crippen molar-refractivity contribution < 1.29 is 19.2 Å². The van der Waals surface area contributed by atoms with E-state index < -0.39 is 10.8 Å². The van der Waals surface area contributed by atoms with Crippen LogP contribution in [0.1, 0.15) is 16.1 Å². The Morgan fingerprint density at radius 3 is 2.44 bits per heavy atom. The van der Waals surface area contributed by atoms with Gasteiger partial charge in [0.15, 0.2) is 12.4 Å². The van der Waals surface area contributed by atoms with Gasteiger partial charge in [-0.05, 0) is 55.0 Å². The van der Waals surface area contributed by atoms with Gasteiger partial charge in [-0.25, -0.2) is 4.68 Å². The molecule has 0 aliphatic heterocycles. The lowest BCUT2D eigenvalue weighted by Gasteiger charge is -2.11. The smallest absolute Gasteiger partial charge is 0.276 e. The Balaban J connectivity index is 1.48. The first-order chi connectivity index (χ1) is 17.2. The maximum absolute atomic E-state index is 12.7. The number of nitrogens with one attached hydrogen (secondary N) is 1. The van der Waals surface area contributed by atoms with Gasteiger partial charge >= 0.3 is 0 Å². The SMILES string of the molecule is Cc1cc(Cl)ccc1Oc1cc(NC(=O)c2ccn(COc3ccc(Cl)cc3Cl)n2)cc([N+](=O)[O-])c1. The van der Waals surface area contributed by atoms with E-state index in [1.165, 1.54) is 28.9 Å². The molecule has 0 aliphatic carbocycles. The fourth-order valence-electron chi connectivity index (χ4n) is 3.15. The highest BCUT2D eigenvalue weighted by molar-refractivity contribution is 6.35. The first kappa shape index (κ1) is 25.3. The molecule has 0 saturated carbocycles. The molecule has 0 unspecified atom stereocenters. The molecule has 0 bridgehead atoms. The number of ether oxygens (including phenoxy) is 2. The van der Waals surface area contributed by atoms with E-state index in [4.69, 9.17) is 44.3 Å². The van der Waals surface area contributed by atoms with Gasteiger partial charge in [-0.15, -0.1) is 0 Å². The zero-order valence-electron chi connectivity index (χ0n) is 18.6. The summed E-state index contributed by atoms with van der Waals surface area (Å²) in [6.07, 6.45) is 1.55. The van der Waals surface area contributed by atoms with Crippen molar-refractivity contribution in [3.05, 3.63) is 103 Å². The quantitative estimate of drug-likeness (QED) is 0.185. The second-order valence-electron chi connectivity index (χ2n) is 7.53. The van der Waals surface area contributed by atoms with Crippen LogP contribution in [-0.4, -0.2) is 20.6 Å². The lowest BCUT2D eigenvalue weighted by Crippen LogP contribution is -2.14. The van der Waals surface area contributed by atoms with Gasteiger partial charge in [-0.1, -0.05) is 34.8 Å². The van der Waals surface area contributed by atoms with E-state index in [-0.39, 0.29) is 29.5 Å². The van der Waals surface area contributed by atoms with Crippen LogP contribution in [0.15, 0.2) is 66.9 Å². The number of aryl methyl sites for hydroxylation is 1. The second kappa shape index (κ2) is 10.9. The number of nitrogens with zero attached hydrogens (tertiary/aromatic N) is 3. The summed E-state index contributed by atoms with van der Waals surface area (Å²) < 4.78 is 12.8. The van der Waals surface area contributed by atoms with Gasteiger partial charge in [0.05, 0.1) is 21.7 Å². The number of hydrogen-bond acceptors (Lipinski definition) is 6. The second-order valence-corrected chi connectivity index (χ2v) is 8.81. The summed E-state index contributed by atoms with van der Waals surface area (Å²) in [5.41, 5.74) is 0.721. The zero-order valence-corrected chi connectivity index (χ0v) is 20.8. The number of benzene rings is 3. The Labute approximate surface area is 220 Å². The molecule has 36 heavy (non-hydrogen) atoms. The lowest BCUT2D eigenvalue weighted by atomic mass is 10.2. The topological polar surface area (TPSA) is 109 Å². The number of nitro groups is 1. The van der Waals surface area contributed by atoms with Crippen LogP contribution in [0.3, 0.4) is 0 Å². The molecule has 4 aromatic rings. The number of nitro benzene ring substituents is 1. The standard InChI is InChI=1S/C24H17Cl3N4O5/c1-14-8-15(25)2-4-22(14)36-19-11-17(10-18(12-19)31(33)34)28-24(32)21-6-7-30(29-21)13-35-23-5-3-16(26)9-20(23)27/h2-12H,13H2,1H3,(H,28,32). The highest BCUT2D eigenvalue weighted by Gasteiger charge is 2.16. The van der Waals surface area contributed by atoms with Gasteiger partial charge in [0.25, 0.3) is 11.6 Å². The Hall–Kier alpha value is -3.79. The fourth-order valence-corrected chi connectivity index (χ4v) is 3.84. The Morgan fingerprint density at radius 1 is 1.03 bits per heavy atom. The number of halogens is 3. The predicted octanol–water partition coefficient (Wildman–Crippen LogP) is 7.14. The summed E-state index contributed by atoms with van der Waals surface area (Å²) in [5.74, 6) is 0.468. The van der Waals surface area contributed by atoms with Crippen LogP contribution in [0.2, 0.25) is 15.1 Å². The molecule has 1 amide bonds. The molecule has 0 spiro atoms. The van der Waals surface area contributed by atoms with Crippen molar-refractivity contribution in [1.82, 2.24) is 9.78 Å².